The summed E-state index contributed by atoms with van der Waals surface area (Å²) in [6.45, 7) is 5.94. The number of nitrogens with one attached hydrogen (secondary N) is 1. The van der Waals surface area contributed by atoms with Gasteiger partial charge in [-0.2, -0.15) is 0 Å². The molecule has 0 bridgehead atoms. The standard InChI is InChI=1S/C13H15ClN2OS/c1-8(17)7-15-13(2,3)12-16-11-9(14)5-4-6-10(11)18-12/h4-6,15H,7H2,1-3H3. The molecule has 1 aromatic heterocycles. The van der Waals surface area contributed by atoms with Crippen LogP contribution in [0.2, 0.25) is 5.02 Å². The van der Waals surface area contributed by atoms with Gasteiger partial charge < -0.3 is 0 Å². The third-order valence-corrected chi connectivity index (χ3v) is 4.33. The zero-order valence-electron chi connectivity index (χ0n) is 10.6. The number of carbonyl (C=O) groups excluding carboxylic acids is 1. The van der Waals surface area contributed by atoms with Crippen LogP contribution in [0.25, 0.3) is 10.2 Å². The maximum atomic E-state index is 11.0. The number of aromatic nitrogens is 1. The number of hydrogen-bond donors (Lipinski definition) is 1. The molecule has 0 atom stereocenters. The average molecular weight is 283 g/mol. The number of benzene rings is 1. The van der Waals surface area contributed by atoms with Crippen LogP contribution in [0, 0.1) is 0 Å². The smallest absolute Gasteiger partial charge is 0.143 e. The lowest BCUT2D eigenvalue weighted by Gasteiger charge is -2.22. The van der Waals surface area contributed by atoms with E-state index in [9.17, 15) is 4.79 Å². The van der Waals surface area contributed by atoms with Crippen molar-refractivity contribution in [2.75, 3.05) is 6.54 Å². The Kier molecular flexibility index (Phi) is 3.71. The molecular weight excluding hydrogens is 268 g/mol. The van der Waals surface area contributed by atoms with Gasteiger partial charge in [-0.25, -0.2) is 4.98 Å². The van der Waals surface area contributed by atoms with Crippen LogP contribution in [0.15, 0.2) is 18.2 Å². The lowest BCUT2D eigenvalue weighted by Crippen LogP contribution is -2.39. The van der Waals surface area contributed by atoms with Crippen molar-refractivity contribution >= 4 is 38.9 Å². The SMILES string of the molecule is CC(=O)CNC(C)(C)c1nc2c(Cl)cccc2s1. The minimum absolute atomic E-state index is 0.113. The third-order valence-electron chi connectivity index (χ3n) is 2.68. The lowest BCUT2D eigenvalue weighted by molar-refractivity contribution is -0.116. The summed E-state index contributed by atoms with van der Waals surface area (Å²) in [4.78, 5) is 15.6. The van der Waals surface area contributed by atoms with Gasteiger partial charge in [-0.05, 0) is 32.9 Å². The Morgan fingerprint density at radius 2 is 2.22 bits per heavy atom. The number of ketones is 1. The van der Waals surface area contributed by atoms with Crippen LogP contribution in [-0.2, 0) is 10.3 Å². The van der Waals surface area contributed by atoms with E-state index in [1.807, 2.05) is 32.0 Å². The fourth-order valence-electron chi connectivity index (χ4n) is 1.60. The molecule has 96 valence electrons. The molecule has 5 heteroatoms. The lowest BCUT2D eigenvalue weighted by atomic mass is 10.1. The molecule has 0 fully saturated rings. The Balaban J connectivity index is 2.35. The summed E-state index contributed by atoms with van der Waals surface area (Å²) < 4.78 is 1.07. The molecule has 0 aliphatic carbocycles. The predicted molar refractivity (Wildman–Crippen MR) is 76.3 cm³/mol. The van der Waals surface area contributed by atoms with E-state index in [1.54, 1.807) is 18.3 Å². The molecule has 1 N–H and O–H groups in total. The van der Waals surface area contributed by atoms with Gasteiger partial charge in [-0.1, -0.05) is 17.7 Å². The molecule has 18 heavy (non-hydrogen) atoms. The van der Waals surface area contributed by atoms with Gasteiger partial charge in [-0.15, -0.1) is 11.3 Å². The first-order valence-corrected chi connectivity index (χ1v) is 6.89. The van der Waals surface area contributed by atoms with Gasteiger partial charge in [0.25, 0.3) is 0 Å². The number of Topliss-reactive ketones (excluding diaryl/α,β-unsaturated/α-hetero) is 1. The zero-order valence-corrected chi connectivity index (χ0v) is 12.2. The third kappa shape index (κ3) is 2.71. The van der Waals surface area contributed by atoms with E-state index >= 15 is 0 Å². The molecule has 0 amide bonds. The first-order chi connectivity index (χ1) is 8.40. The number of thiazole rings is 1. The zero-order chi connectivity index (χ0) is 13.3. The molecular formula is C13H15ClN2OS. The molecule has 3 nitrogen and oxygen atoms in total. The normalized spacial score (nSPS) is 12.0. The van der Waals surface area contributed by atoms with Crippen molar-refractivity contribution in [3.63, 3.8) is 0 Å². The fourth-order valence-corrected chi connectivity index (χ4v) is 2.95. The Morgan fingerprint density at radius 1 is 1.50 bits per heavy atom. The van der Waals surface area contributed by atoms with Crippen molar-refractivity contribution in [2.45, 2.75) is 26.3 Å². The highest BCUT2D eigenvalue weighted by Crippen LogP contribution is 2.32. The highest BCUT2D eigenvalue weighted by molar-refractivity contribution is 7.18. The number of halogens is 1. The summed E-state index contributed by atoms with van der Waals surface area (Å²) in [6.07, 6.45) is 0. The van der Waals surface area contributed by atoms with Gasteiger partial charge in [0.1, 0.15) is 16.3 Å². The molecule has 2 rings (SSSR count). The summed E-state index contributed by atoms with van der Waals surface area (Å²) in [7, 11) is 0. The summed E-state index contributed by atoms with van der Waals surface area (Å²) in [5.41, 5.74) is 0.496. The molecule has 0 saturated heterocycles. The second-order valence-electron chi connectivity index (χ2n) is 4.79. The van der Waals surface area contributed by atoms with Gasteiger partial charge >= 0.3 is 0 Å². The molecule has 0 unspecified atom stereocenters. The van der Waals surface area contributed by atoms with Crippen molar-refractivity contribution in [1.82, 2.24) is 10.3 Å². The Labute approximate surface area is 115 Å². The first kappa shape index (κ1) is 13.5. The minimum atomic E-state index is -0.335. The van der Waals surface area contributed by atoms with Crippen LogP contribution < -0.4 is 5.32 Å². The van der Waals surface area contributed by atoms with Crippen molar-refractivity contribution in [3.8, 4) is 0 Å². The van der Waals surface area contributed by atoms with Crippen LogP contribution in [0.4, 0.5) is 0 Å². The van der Waals surface area contributed by atoms with Crippen LogP contribution in [0.5, 0.6) is 0 Å². The topological polar surface area (TPSA) is 42.0 Å². The molecule has 0 spiro atoms. The average Bonchev–Trinajstić information content (AvgIpc) is 2.73. The molecule has 0 aliphatic heterocycles. The van der Waals surface area contributed by atoms with E-state index in [1.165, 1.54) is 0 Å². The second-order valence-corrected chi connectivity index (χ2v) is 6.22. The Bertz CT molecular complexity index is 592. The van der Waals surface area contributed by atoms with E-state index in [4.69, 9.17) is 11.6 Å². The second kappa shape index (κ2) is 4.96. The van der Waals surface area contributed by atoms with Crippen molar-refractivity contribution < 1.29 is 4.79 Å². The quantitative estimate of drug-likeness (QED) is 0.935. The summed E-state index contributed by atoms with van der Waals surface area (Å²) >= 11 is 7.72. The number of rotatable bonds is 4. The number of nitrogens with zero attached hydrogens (tertiary/aromatic N) is 1. The Hall–Kier alpha value is -0.970. The van der Waals surface area contributed by atoms with E-state index in [0.29, 0.717) is 11.6 Å². The first-order valence-electron chi connectivity index (χ1n) is 5.70. The largest absolute Gasteiger partial charge is 0.299 e. The van der Waals surface area contributed by atoms with Crippen LogP contribution >= 0.6 is 22.9 Å². The van der Waals surface area contributed by atoms with Gasteiger partial charge in [0.15, 0.2) is 0 Å². The highest BCUT2D eigenvalue weighted by Gasteiger charge is 2.24. The monoisotopic (exact) mass is 282 g/mol. The summed E-state index contributed by atoms with van der Waals surface area (Å²) in [6, 6.07) is 5.76. The van der Waals surface area contributed by atoms with Gasteiger partial charge in [0.2, 0.25) is 0 Å². The number of hydrogen-bond acceptors (Lipinski definition) is 4. The minimum Gasteiger partial charge on any atom is -0.299 e. The van der Waals surface area contributed by atoms with E-state index in [0.717, 1.165) is 15.2 Å². The molecule has 1 aromatic carbocycles. The molecule has 0 radical (unpaired) electrons. The van der Waals surface area contributed by atoms with Gasteiger partial charge in [-0.3, -0.25) is 10.1 Å². The van der Waals surface area contributed by atoms with Crippen molar-refractivity contribution in [1.29, 1.82) is 0 Å². The van der Waals surface area contributed by atoms with Crippen LogP contribution in [0.3, 0.4) is 0 Å². The van der Waals surface area contributed by atoms with E-state index < -0.39 is 0 Å². The molecule has 2 aromatic rings. The van der Waals surface area contributed by atoms with Gasteiger partial charge in [0, 0.05) is 0 Å². The summed E-state index contributed by atoms with van der Waals surface area (Å²) in [5, 5.41) is 4.81. The van der Waals surface area contributed by atoms with E-state index in [2.05, 4.69) is 10.3 Å². The summed E-state index contributed by atoms with van der Waals surface area (Å²) in [5.74, 6) is 0.113. The van der Waals surface area contributed by atoms with Crippen LogP contribution in [0.1, 0.15) is 25.8 Å². The van der Waals surface area contributed by atoms with Gasteiger partial charge in [0.05, 0.1) is 21.8 Å². The maximum Gasteiger partial charge on any atom is 0.143 e. The van der Waals surface area contributed by atoms with Crippen molar-refractivity contribution in [2.24, 2.45) is 0 Å². The number of carbonyl (C=O) groups is 1. The molecule has 1 heterocycles. The molecule has 0 aliphatic rings. The predicted octanol–water partition coefficient (Wildman–Crippen LogP) is 3.36. The fraction of sp³-hybridized carbons (Fsp3) is 0.385. The number of fused-ring (bicyclic) bond motifs is 1. The number of para-hydroxylation sites is 1. The van der Waals surface area contributed by atoms with Crippen LogP contribution in [-0.4, -0.2) is 17.3 Å². The van der Waals surface area contributed by atoms with E-state index in [-0.39, 0.29) is 11.3 Å². The molecule has 0 saturated carbocycles. The maximum absolute atomic E-state index is 11.0. The van der Waals surface area contributed by atoms with Crippen molar-refractivity contribution in [3.05, 3.63) is 28.2 Å². The highest BCUT2D eigenvalue weighted by atomic mass is 35.5. The Morgan fingerprint density at radius 3 is 2.83 bits per heavy atom.